The number of ketones is 2. The normalized spacial score (nSPS) is 21.8. The first kappa shape index (κ1) is 31.3. The lowest BCUT2D eigenvalue weighted by molar-refractivity contribution is -0.141. The zero-order valence-corrected chi connectivity index (χ0v) is 27.4. The Morgan fingerprint density at radius 2 is 1.11 bits per heavy atom. The van der Waals surface area contributed by atoms with Crippen LogP contribution in [0.25, 0.3) is 30.5 Å². The number of ether oxygens (including phenoxy) is 2. The zero-order valence-electron chi connectivity index (χ0n) is 25.8. The van der Waals surface area contributed by atoms with Crippen molar-refractivity contribution in [2.24, 2.45) is 23.7 Å². The standard InChI is InChI=1S/C36H37NO6S2/c1-20-4-6-25(7-5-20)30-18-19-31(44-30)34-37-32-28(42-35(40)26-12-8-23(9-13-26)21(2)38)16-17-29(33(32)45-34)43-36(41)27-14-10-24(11-15-27)22(3)39/h4-7,16-19,23-24,26-27H,8-15H2,1-3H3. The molecule has 0 unspecified atom stereocenters. The molecule has 0 N–H and O–H groups in total. The summed E-state index contributed by atoms with van der Waals surface area (Å²) in [5.41, 5.74) is 2.81. The number of benzene rings is 2. The second kappa shape index (κ2) is 13.3. The number of nitrogens with zero attached hydrogens (tertiary/aromatic N) is 1. The van der Waals surface area contributed by atoms with Crippen LogP contribution in [-0.4, -0.2) is 28.5 Å². The molecule has 2 aliphatic rings. The van der Waals surface area contributed by atoms with Gasteiger partial charge in [0.1, 0.15) is 26.8 Å². The molecule has 6 rings (SSSR count). The van der Waals surface area contributed by atoms with E-state index in [-0.39, 0.29) is 47.2 Å². The molecule has 4 aromatic rings. The molecule has 0 aliphatic heterocycles. The van der Waals surface area contributed by atoms with Crippen LogP contribution in [0.5, 0.6) is 11.5 Å². The average Bonchev–Trinajstić information content (AvgIpc) is 3.71. The van der Waals surface area contributed by atoms with Crippen LogP contribution in [0.15, 0.2) is 48.5 Å². The van der Waals surface area contributed by atoms with Crippen LogP contribution >= 0.6 is 22.7 Å². The first-order valence-electron chi connectivity index (χ1n) is 15.7. The Balaban J connectivity index is 1.28. The number of hydrogen-bond donors (Lipinski definition) is 0. The molecule has 0 amide bonds. The van der Waals surface area contributed by atoms with Crippen molar-refractivity contribution in [2.45, 2.75) is 72.1 Å². The SMILES string of the molecule is CC(=O)C1CCC(C(=O)Oc2ccc(OC(=O)C3CCC(C(C)=O)CC3)c3sc(-c4ccc(-c5ccc(C)cc5)s4)nc23)CC1. The van der Waals surface area contributed by atoms with Gasteiger partial charge in [-0.2, -0.15) is 0 Å². The fraction of sp³-hybridized carbons (Fsp3) is 0.417. The molecule has 2 aliphatic carbocycles. The minimum atomic E-state index is -0.322. The van der Waals surface area contributed by atoms with E-state index in [9.17, 15) is 19.2 Å². The average molecular weight is 644 g/mol. The Hall–Kier alpha value is -3.69. The highest BCUT2D eigenvalue weighted by molar-refractivity contribution is 7.26. The van der Waals surface area contributed by atoms with Crippen molar-refractivity contribution < 1.29 is 28.7 Å². The van der Waals surface area contributed by atoms with E-state index in [4.69, 9.17) is 14.5 Å². The predicted octanol–water partition coefficient (Wildman–Crippen LogP) is 8.60. The van der Waals surface area contributed by atoms with Crippen molar-refractivity contribution in [3.8, 4) is 31.8 Å². The third-order valence-electron chi connectivity index (χ3n) is 9.32. The first-order chi connectivity index (χ1) is 21.7. The number of aromatic nitrogens is 1. The van der Waals surface area contributed by atoms with Gasteiger partial charge in [-0.15, -0.1) is 22.7 Å². The molecule has 7 nitrogen and oxygen atoms in total. The quantitative estimate of drug-likeness (QED) is 0.140. The molecule has 0 radical (unpaired) electrons. The third kappa shape index (κ3) is 6.94. The highest BCUT2D eigenvalue weighted by atomic mass is 32.1. The number of rotatable bonds is 8. The lowest BCUT2D eigenvalue weighted by Gasteiger charge is -2.25. The summed E-state index contributed by atoms with van der Waals surface area (Å²) in [5.74, 6) is -0.0449. The second-order valence-electron chi connectivity index (χ2n) is 12.4. The van der Waals surface area contributed by atoms with Crippen LogP contribution in [0, 0.1) is 30.6 Å². The molecule has 2 aromatic heterocycles. The zero-order chi connectivity index (χ0) is 31.7. The second-order valence-corrected chi connectivity index (χ2v) is 14.5. The number of fused-ring (bicyclic) bond motifs is 1. The Morgan fingerprint density at radius 1 is 0.622 bits per heavy atom. The number of esters is 2. The monoisotopic (exact) mass is 643 g/mol. The Kier molecular flexibility index (Phi) is 9.28. The maximum Gasteiger partial charge on any atom is 0.314 e. The van der Waals surface area contributed by atoms with E-state index in [0.717, 1.165) is 20.3 Å². The van der Waals surface area contributed by atoms with Crippen molar-refractivity contribution in [1.82, 2.24) is 4.98 Å². The lowest BCUT2D eigenvalue weighted by atomic mass is 9.80. The maximum absolute atomic E-state index is 13.3. The smallest absolute Gasteiger partial charge is 0.314 e. The molecule has 2 heterocycles. The summed E-state index contributed by atoms with van der Waals surface area (Å²) >= 11 is 3.04. The van der Waals surface area contributed by atoms with Gasteiger partial charge in [-0.3, -0.25) is 19.2 Å². The molecule has 0 bridgehead atoms. The van der Waals surface area contributed by atoms with Crippen molar-refractivity contribution in [3.63, 3.8) is 0 Å². The van der Waals surface area contributed by atoms with Crippen molar-refractivity contribution >= 4 is 56.4 Å². The van der Waals surface area contributed by atoms with Gasteiger partial charge in [0.15, 0.2) is 11.5 Å². The van der Waals surface area contributed by atoms with Crippen LogP contribution in [-0.2, 0) is 19.2 Å². The van der Waals surface area contributed by atoms with Gasteiger partial charge in [-0.25, -0.2) is 4.98 Å². The Bertz CT molecular complexity index is 1650. The number of aryl methyl sites for hydroxylation is 1. The van der Waals surface area contributed by atoms with Gasteiger partial charge < -0.3 is 9.47 Å². The predicted molar refractivity (Wildman–Crippen MR) is 177 cm³/mol. The van der Waals surface area contributed by atoms with E-state index < -0.39 is 0 Å². The van der Waals surface area contributed by atoms with Gasteiger partial charge >= 0.3 is 11.9 Å². The molecular formula is C36H37NO6S2. The first-order valence-corrected chi connectivity index (χ1v) is 17.3. The van der Waals surface area contributed by atoms with Gasteiger partial charge in [-0.1, -0.05) is 29.8 Å². The summed E-state index contributed by atoms with van der Waals surface area (Å²) in [5, 5.41) is 0.748. The van der Waals surface area contributed by atoms with E-state index in [1.165, 1.54) is 16.9 Å². The van der Waals surface area contributed by atoms with Crippen molar-refractivity contribution in [1.29, 1.82) is 0 Å². The molecule has 2 saturated carbocycles. The molecule has 234 valence electrons. The van der Waals surface area contributed by atoms with Crippen molar-refractivity contribution in [3.05, 3.63) is 54.1 Å². The molecule has 9 heteroatoms. The lowest BCUT2D eigenvalue weighted by Crippen LogP contribution is -2.28. The Labute approximate surface area is 271 Å². The molecule has 0 saturated heterocycles. The van der Waals surface area contributed by atoms with Gasteiger partial charge in [0.25, 0.3) is 0 Å². The van der Waals surface area contributed by atoms with Gasteiger partial charge in [0, 0.05) is 16.7 Å². The highest BCUT2D eigenvalue weighted by Crippen LogP contribution is 2.44. The van der Waals surface area contributed by atoms with E-state index in [2.05, 4.69) is 37.3 Å². The minimum absolute atomic E-state index is 0.0175. The van der Waals surface area contributed by atoms with Gasteiger partial charge in [0.2, 0.25) is 0 Å². The van der Waals surface area contributed by atoms with Crippen LogP contribution in [0.3, 0.4) is 0 Å². The summed E-state index contributed by atoms with van der Waals surface area (Å²) in [6, 6.07) is 15.8. The number of Topliss-reactive ketones (excluding diaryl/α,β-unsaturated/α-hetero) is 2. The molecule has 0 spiro atoms. The third-order valence-corrected chi connectivity index (χ3v) is 11.7. The van der Waals surface area contributed by atoms with E-state index in [0.29, 0.717) is 73.1 Å². The van der Waals surface area contributed by atoms with E-state index in [1.54, 1.807) is 37.3 Å². The van der Waals surface area contributed by atoms with E-state index >= 15 is 0 Å². The number of carbonyl (C=O) groups excluding carboxylic acids is 4. The van der Waals surface area contributed by atoms with Crippen molar-refractivity contribution in [2.75, 3.05) is 0 Å². The molecule has 2 fully saturated rings. The number of hydrogen-bond acceptors (Lipinski definition) is 9. The van der Waals surface area contributed by atoms with Crippen LogP contribution in [0.4, 0.5) is 0 Å². The van der Waals surface area contributed by atoms with Gasteiger partial charge in [0.05, 0.1) is 16.7 Å². The number of carbonyl (C=O) groups is 4. The van der Waals surface area contributed by atoms with Crippen LogP contribution in [0.1, 0.15) is 70.8 Å². The molecule has 0 atom stereocenters. The highest BCUT2D eigenvalue weighted by Gasteiger charge is 2.32. The largest absolute Gasteiger partial charge is 0.425 e. The molecule has 45 heavy (non-hydrogen) atoms. The number of thiophene rings is 1. The van der Waals surface area contributed by atoms with E-state index in [1.807, 2.05) is 6.07 Å². The molecule has 2 aromatic carbocycles. The number of thiazole rings is 1. The summed E-state index contributed by atoms with van der Waals surface area (Å²) < 4.78 is 12.6. The maximum atomic E-state index is 13.3. The minimum Gasteiger partial charge on any atom is -0.425 e. The fourth-order valence-electron chi connectivity index (χ4n) is 6.41. The van der Waals surface area contributed by atoms with Gasteiger partial charge in [-0.05, 0) is 102 Å². The summed E-state index contributed by atoms with van der Waals surface area (Å²) in [6.07, 6.45) is 5.25. The molecular weight excluding hydrogens is 607 g/mol. The fourth-order valence-corrected chi connectivity index (χ4v) is 8.51. The summed E-state index contributed by atoms with van der Waals surface area (Å²) in [7, 11) is 0. The summed E-state index contributed by atoms with van der Waals surface area (Å²) in [6.45, 7) is 5.29. The Morgan fingerprint density at radius 3 is 1.67 bits per heavy atom. The summed E-state index contributed by atoms with van der Waals surface area (Å²) in [4.78, 5) is 57.1. The topological polar surface area (TPSA) is 99.6 Å². The van der Waals surface area contributed by atoms with Crippen LogP contribution < -0.4 is 9.47 Å². The van der Waals surface area contributed by atoms with Crippen LogP contribution in [0.2, 0.25) is 0 Å².